The zero-order valence-corrected chi connectivity index (χ0v) is 9.85. The second-order valence-electron chi connectivity index (χ2n) is 2.91. The third-order valence-electron chi connectivity index (χ3n) is 2.29. The zero-order valence-electron chi connectivity index (χ0n) is 7.75. The molecule has 0 spiro atoms. The van der Waals surface area contributed by atoms with Crippen LogP contribution in [0.15, 0.2) is 30.3 Å². The number of hydrogen-bond acceptors (Lipinski definition) is 0. The van der Waals surface area contributed by atoms with Gasteiger partial charge in [0.05, 0.1) is 0 Å². The van der Waals surface area contributed by atoms with E-state index in [4.69, 9.17) is 12.8 Å². The Morgan fingerprint density at radius 1 is 1.15 bits per heavy atom. The summed E-state index contributed by atoms with van der Waals surface area (Å²) in [4.78, 5) is 0. The fourth-order valence-corrected chi connectivity index (χ4v) is 5.52. The zero-order chi connectivity index (χ0) is 9.73. The fraction of sp³-hybridized carbons (Fsp3) is 0.167. The third kappa shape index (κ3) is 1.79. The van der Waals surface area contributed by atoms with Crippen molar-refractivity contribution in [1.82, 2.24) is 0 Å². The van der Waals surface area contributed by atoms with Crippen molar-refractivity contribution in [2.45, 2.75) is 12.2 Å². The summed E-state index contributed by atoms with van der Waals surface area (Å²) >= 11 is -2.57. The fourth-order valence-electron chi connectivity index (χ4n) is 1.34. The normalized spacial score (nSPS) is 10.1. The molecular formula is C12H12Ge. The summed E-state index contributed by atoms with van der Waals surface area (Å²) in [6.45, 7) is 2.09. The van der Waals surface area contributed by atoms with Crippen LogP contribution >= 0.6 is 0 Å². The summed E-state index contributed by atoms with van der Waals surface area (Å²) in [6.07, 6.45) is 11.1. The summed E-state index contributed by atoms with van der Waals surface area (Å²) in [7, 11) is 0. The summed E-state index contributed by atoms with van der Waals surface area (Å²) in [5.74, 6) is 0. The summed E-state index contributed by atoms with van der Waals surface area (Å²) < 4.78 is 6.98. The van der Waals surface area contributed by atoms with E-state index in [1.165, 1.54) is 4.40 Å². The van der Waals surface area contributed by atoms with Crippen molar-refractivity contribution in [1.29, 1.82) is 0 Å². The molecule has 0 amide bonds. The molecule has 0 saturated carbocycles. The molecule has 0 unspecified atom stereocenters. The minimum absolute atomic E-state index is 0.955. The van der Waals surface area contributed by atoms with E-state index >= 15 is 0 Å². The number of benzene rings is 1. The standard InChI is InChI=1S/C12H12Ge/c1-4-13(5-2,6-3)12-10-8-7-9-11-12/h1-2,7-11H,6H2,3H3. The summed E-state index contributed by atoms with van der Waals surface area (Å²) in [5, 5.41) is 0.955. The van der Waals surface area contributed by atoms with Crippen LogP contribution in [0.1, 0.15) is 6.92 Å². The first-order chi connectivity index (χ1) is 6.29. The molecule has 0 atom stereocenters. The van der Waals surface area contributed by atoms with E-state index in [1.807, 2.05) is 18.2 Å². The van der Waals surface area contributed by atoms with Crippen LogP contribution in [-0.2, 0) is 0 Å². The van der Waals surface area contributed by atoms with Crippen molar-refractivity contribution in [3.05, 3.63) is 30.3 Å². The molecule has 13 heavy (non-hydrogen) atoms. The van der Waals surface area contributed by atoms with E-state index in [1.54, 1.807) is 0 Å². The Labute approximate surface area is 82.7 Å². The summed E-state index contributed by atoms with van der Waals surface area (Å²) in [6, 6.07) is 10.1. The van der Waals surface area contributed by atoms with Crippen LogP contribution < -0.4 is 4.40 Å². The van der Waals surface area contributed by atoms with Crippen molar-refractivity contribution >= 4 is 17.7 Å². The van der Waals surface area contributed by atoms with Gasteiger partial charge in [0, 0.05) is 0 Å². The first-order valence-electron chi connectivity index (χ1n) is 4.30. The van der Waals surface area contributed by atoms with Crippen LogP contribution in [0.5, 0.6) is 0 Å². The van der Waals surface area contributed by atoms with E-state index < -0.39 is 13.3 Å². The number of hydrogen-bond donors (Lipinski definition) is 0. The molecule has 0 radical (unpaired) electrons. The molecule has 0 heterocycles. The molecule has 0 aromatic heterocycles. The van der Waals surface area contributed by atoms with E-state index in [0.29, 0.717) is 0 Å². The van der Waals surface area contributed by atoms with Gasteiger partial charge < -0.3 is 0 Å². The Balaban J connectivity index is 3.21. The first kappa shape index (κ1) is 9.97. The Morgan fingerprint density at radius 3 is 2.08 bits per heavy atom. The SMILES string of the molecule is C#[C][Ge]([C]#C)([CH2]C)[c]1ccccc1. The molecule has 1 heteroatoms. The van der Waals surface area contributed by atoms with Crippen LogP contribution in [-0.4, -0.2) is 13.3 Å². The van der Waals surface area contributed by atoms with E-state index in [0.717, 1.165) is 5.25 Å². The molecule has 0 bridgehead atoms. The van der Waals surface area contributed by atoms with Crippen molar-refractivity contribution in [3.8, 4) is 22.4 Å². The van der Waals surface area contributed by atoms with E-state index in [2.05, 4.69) is 28.6 Å². The minimum atomic E-state index is -2.57. The molecule has 1 rings (SSSR count). The van der Waals surface area contributed by atoms with Crippen molar-refractivity contribution in [3.63, 3.8) is 0 Å². The van der Waals surface area contributed by atoms with Crippen LogP contribution in [0, 0.1) is 22.4 Å². The quantitative estimate of drug-likeness (QED) is 0.534. The average molecular weight is 229 g/mol. The molecule has 0 aliphatic heterocycles. The Morgan fingerprint density at radius 2 is 1.69 bits per heavy atom. The molecule has 0 fully saturated rings. The van der Waals surface area contributed by atoms with Gasteiger partial charge in [-0.15, -0.1) is 0 Å². The van der Waals surface area contributed by atoms with Crippen molar-refractivity contribution in [2.24, 2.45) is 0 Å². The van der Waals surface area contributed by atoms with Gasteiger partial charge in [-0.3, -0.25) is 0 Å². The van der Waals surface area contributed by atoms with Crippen molar-refractivity contribution in [2.75, 3.05) is 0 Å². The molecule has 0 aliphatic rings. The van der Waals surface area contributed by atoms with Crippen LogP contribution in [0.3, 0.4) is 0 Å². The van der Waals surface area contributed by atoms with Crippen LogP contribution in [0.4, 0.5) is 0 Å². The molecule has 0 nitrogen and oxygen atoms in total. The van der Waals surface area contributed by atoms with Gasteiger partial charge >= 0.3 is 82.5 Å². The van der Waals surface area contributed by atoms with Crippen molar-refractivity contribution < 1.29 is 0 Å². The van der Waals surface area contributed by atoms with E-state index in [9.17, 15) is 0 Å². The molecule has 0 N–H and O–H groups in total. The van der Waals surface area contributed by atoms with Crippen LogP contribution in [0.2, 0.25) is 5.25 Å². The van der Waals surface area contributed by atoms with Gasteiger partial charge in [0.2, 0.25) is 0 Å². The molecule has 1 aromatic carbocycles. The first-order valence-corrected chi connectivity index (χ1v) is 8.93. The maximum atomic E-state index is 5.55. The monoisotopic (exact) mass is 230 g/mol. The molecule has 0 saturated heterocycles. The number of rotatable bonds is 2. The van der Waals surface area contributed by atoms with Gasteiger partial charge in [0.15, 0.2) is 0 Å². The third-order valence-corrected chi connectivity index (χ3v) is 9.35. The van der Waals surface area contributed by atoms with Gasteiger partial charge in [-0.25, -0.2) is 0 Å². The number of terminal acetylenes is 2. The van der Waals surface area contributed by atoms with Gasteiger partial charge in [-0.2, -0.15) is 0 Å². The van der Waals surface area contributed by atoms with Crippen LogP contribution in [0.25, 0.3) is 0 Å². The predicted octanol–water partition coefficient (Wildman–Crippen LogP) is 1.71. The molecular weight excluding hydrogens is 217 g/mol. The Bertz CT molecular complexity index is 337. The van der Waals surface area contributed by atoms with E-state index in [-0.39, 0.29) is 0 Å². The molecule has 0 aliphatic carbocycles. The Kier molecular flexibility index (Phi) is 3.23. The van der Waals surface area contributed by atoms with Gasteiger partial charge in [-0.1, -0.05) is 0 Å². The van der Waals surface area contributed by atoms with Gasteiger partial charge in [0.1, 0.15) is 0 Å². The predicted molar refractivity (Wildman–Crippen MR) is 60.0 cm³/mol. The van der Waals surface area contributed by atoms with Gasteiger partial charge in [-0.05, 0) is 0 Å². The molecule has 64 valence electrons. The summed E-state index contributed by atoms with van der Waals surface area (Å²) in [5.41, 5.74) is 0. The topological polar surface area (TPSA) is 0 Å². The maximum absolute atomic E-state index is 5.55. The Hall–Kier alpha value is -1.12. The molecule has 1 aromatic rings. The average Bonchev–Trinajstić information content (AvgIpc) is 2.23. The second-order valence-corrected chi connectivity index (χ2v) is 10.6. The second kappa shape index (κ2) is 4.21. The van der Waals surface area contributed by atoms with Gasteiger partial charge in [0.25, 0.3) is 0 Å².